The first-order valence-electron chi connectivity index (χ1n) is 9.20. The van der Waals surface area contributed by atoms with Crippen LogP contribution in [0.4, 0.5) is 11.4 Å². The number of hydrogen-bond acceptors (Lipinski definition) is 6. The Morgan fingerprint density at radius 2 is 1.90 bits per heavy atom. The number of methoxy groups -OCH3 is 3. The van der Waals surface area contributed by atoms with Crippen molar-refractivity contribution >= 4 is 27.3 Å². The fourth-order valence-corrected chi connectivity index (χ4v) is 5.06. The molecule has 0 saturated carbocycles. The standard InChI is InChI=1S/C21H21BrN2O5/c1-27-16-8-7-15(24(25)26)18-12-5-4-6-13(12)19(23-20(16)18)11-9-14(22)21(29-3)17(10-11)28-2/h4-5,7-10,12-13,19,23H,6H2,1-3H3/t12-,13-,19+/m0/s1. The summed E-state index contributed by atoms with van der Waals surface area (Å²) in [6.45, 7) is 0. The summed E-state index contributed by atoms with van der Waals surface area (Å²) in [6.07, 6.45) is 4.99. The minimum atomic E-state index is -0.323. The predicted octanol–water partition coefficient (Wildman–Crippen LogP) is 5.21. The van der Waals surface area contributed by atoms with E-state index in [0.29, 0.717) is 28.5 Å². The third-order valence-corrected chi connectivity index (χ3v) is 6.28. The van der Waals surface area contributed by atoms with Gasteiger partial charge in [-0.2, -0.15) is 0 Å². The van der Waals surface area contributed by atoms with Crippen molar-refractivity contribution in [3.8, 4) is 17.2 Å². The van der Waals surface area contributed by atoms with Gasteiger partial charge in [-0.3, -0.25) is 10.1 Å². The second kappa shape index (κ2) is 7.59. The zero-order chi connectivity index (χ0) is 20.7. The lowest BCUT2D eigenvalue weighted by atomic mass is 9.76. The van der Waals surface area contributed by atoms with E-state index < -0.39 is 0 Å². The molecule has 0 amide bonds. The van der Waals surface area contributed by atoms with E-state index in [4.69, 9.17) is 14.2 Å². The Hall–Kier alpha value is -2.74. The van der Waals surface area contributed by atoms with Gasteiger partial charge < -0.3 is 19.5 Å². The molecule has 29 heavy (non-hydrogen) atoms. The maximum Gasteiger partial charge on any atom is 0.275 e. The third kappa shape index (κ3) is 3.11. The van der Waals surface area contributed by atoms with Crippen LogP contribution in [0.3, 0.4) is 0 Å². The summed E-state index contributed by atoms with van der Waals surface area (Å²) in [4.78, 5) is 11.4. The summed E-state index contributed by atoms with van der Waals surface area (Å²) >= 11 is 3.57. The number of halogens is 1. The van der Waals surface area contributed by atoms with Gasteiger partial charge in [0.1, 0.15) is 5.75 Å². The lowest BCUT2D eigenvalue weighted by Gasteiger charge is -2.38. The summed E-state index contributed by atoms with van der Waals surface area (Å²) in [5.41, 5.74) is 2.48. The van der Waals surface area contributed by atoms with Gasteiger partial charge in [0.25, 0.3) is 5.69 Å². The average Bonchev–Trinajstić information content (AvgIpc) is 3.21. The highest BCUT2D eigenvalue weighted by atomic mass is 79.9. The molecule has 0 radical (unpaired) electrons. The van der Waals surface area contributed by atoms with Crippen LogP contribution in [0.2, 0.25) is 0 Å². The van der Waals surface area contributed by atoms with Crippen LogP contribution < -0.4 is 19.5 Å². The van der Waals surface area contributed by atoms with Crippen LogP contribution in [0.1, 0.15) is 29.5 Å². The van der Waals surface area contributed by atoms with Crippen LogP contribution in [-0.2, 0) is 0 Å². The van der Waals surface area contributed by atoms with Crippen molar-refractivity contribution in [3.63, 3.8) is 0 Å². The Bertz CT molecular complexity index is 1010. The first-order chi connectivity index (χ1) is 14.0. The molecule has 7 nitrogen and oxygen atoms in total. The van der Waals surface area contributed by atoms with Gasteiger partial charge in [0.15, 0.2) is 11.5 Å². The molecule has 1 aliphatic carbocycles. The normalized spacial score (nSPS) is 21.7. The molecule has 1 aliphatic heterocycles. The highest BCUT2D eigenvalue weighted by Gasteiger charge is 2.43. The largest absolute Gasteiger partial charge is 0.495 e. The average molecular weight is 461 g/mol. The lowest BCUT2D eigenvalue weighted by Crippen LogP contribution is -2.30. The summed E-state index contributed by atoms with van der Waals surface area (Å²) in [5, 5.41) is 15.2. The molecular weight excluding hydrogens is 440 g/mol. The number of hydrogen-bond donors (Lipinski definition) is 1. The Morgan fingerprint density at radius 1 is 1.14 bits per heavy atom. The van der Waals surface area contributed by atoms with Gasteiger partial charge in [0.05, 0.1) is 48.0 Å². The van der Waals surface area contributed by atoms with Crippen molar-refractivity contribution in [2.24, 2.45) is 5.92 Å². The van der Waals surface area contributed by atoms with Crippen LogP contribution in [0.15, 0.2) is 40.9 Å². The first-order valence-corrected chi connectivity index (χ1v) is 9.99. The number of nitrogens with one attached hydrogen (secondary N) is 1. The maximum atomic E-state index is 11.7. The first kappa shape index (κ1) is 19.6. The summed E-state index contributed by atoms with van der Waals surface area (Å²) in [5.74, 6) is 1.91. The Balaban J connectivity index is 1.88. The molecule has 0 spiro atoms. The van der Waals surface area contributed by atoms with E-state index >= 15 is 0 Å². The summed E-state index contributed by atoms with van der Waals surface area (Å²) < 4.78 is 17.3. The van der Waals surface area contributed by atoms with Gasteiger partial charge in [0, 0.05) is 12.0 Å². The highest BCUT2D eigenvalue weighted by Crippen LogP contribution is 2.55. The molecule has 3 atom stereocenters. The van der Waals surface area contributed by atoms with E-state index in [1.807, 2.05) is 12.1 Å². The number of anilines is 1. The Labute approximate surface area is 176 Å². The van der Waals surface area contributed by atoms with E-state index in [2.05, 4.69) is 33.4 Å². The van der Waals surface area contributed by atoms with Gasteiger partial charge in [-0.05, 0) is 52.0 Å². The van der Waals surface area contributed by atoms with Crippen LogP contribution >= 0.6 is 15.9 Å². The minimum absolute atomic E-state index is 0.0707. The van der Waals surface area contributed by atoms with E-state index in [0.717, 1.165) is 16.5 Å². The van der Waals surface area contributed by atoms with E-state index in [1.165, 1.54) is 6.07 Å². The van der Waals surface area contributed by atoms with Gasteiger partial charge >= 0.3 is 0 Å². The number of nitrogens with zero attached hydrogens (tertiary/aromatic N) is 1. The number of rotatable bonds is 5. The fraction of sp³-hybridized carbons (Fsp3) is 0.333. The molecular formula is C21H21BrN2O5. The maximum absolute atomic E-state index is 11.7. The molecule has 4 rings (SSSR count). The fourth-order valence-electron chi connectivity index (χ4n) is 4.44. The smallest absolute Gasteiger partial charge is 0.275 e. The Morgan fingerprint density at radius 3 is 2.55 bits per heavy atom. The minimum Gasteiger partial charge on any atom is -0.495 e. The zero-order valence-electron chi connectivity index (χ0n) is 16.3. The number of nitro benzene ring substituents is 1. The van der Waals surface area contributed by atoms with Crippen LogP contribution in [0, 0.1) is 16.0 Å². The molecule has 152 valence electrons. The highest BCUT2D eigenvalue weighted by molar-refractivity contribution is 9.10. The van der Waals surface area contributed by atoms with Crippen molar-refractivity contribution in [1.29, 1.82) is 0 Å². The number of fused-ring (bicyclic) bond motifs is 3. The van der Waals surface area contributed by atoms with Crippen LogP contribution in [0.25, 0.3) is 0 Å². The van der Waals surface area contributed by atoms with Gasteiger partial charge in [0.2, 0.25) is 0 Å². The molecule has 1 N–H and O–H groups in total. The van der Waals surface area contributed by atoms with E-state index in [1.54, 1.807) is 27.4 Å². The van der Waals surface area contributed by atoms with Crippen LogP contribution in [-0.4, -0.2) is 26.3 Å². The van der Waals surface area contributed by atoms with Gasteiger partial charge in [-0.15, -0.1) is 0 Å². The molecule has 2 aromatic carbocycles. The van der Waals surface area contributed by atoms with Crippen molar-refractivity contribution in [3.05, 3.63) is 62.1 Å². The molecule has 0 saturated heterocycles. The molecule has 2 aliphatic rings. The summed E-state index contributed by atoms with van der Waals surface area (Å²) in [7, 11) is 4.77. The quantitative estimate of drug-likeness (QED) is 0.374. The molecule has 8 heteroatoms. The topological polar surface area (TPSA) is 82.9 Å². The predicted molar refractivity (Wildman–Crippen MR) is 113 cm³/mol. The lowest BCUT2D eigenvalue weighted by molar-refractivity contribution is -0.385. The second-order valence-corrected chi connectivity index (χ2v) is 7.90. The van der Waals surface area contributed by atoms with Crippen molar-refractivity contribution in [2.45, 2.75) is 18.4 Å². The molecule has 0 bridgehead atoms. The third-order valence-electron chi connectivity index (χ3n) is 5.69. The van der Waals surface area contributed by atoms with Crippen LogP contribution in [0.5, 0.6) is 17.2 Å². The van der Waals surface area contributed by atoms with Gasteiger partial charge in [-0.1, -0.05) is 12.2 Å². The van der Waals surface area contributed by atoms with Crippen molar-refractivity contribution in [1.82, 2.24) is 0 Å². The van der Waals surface area contributed by atoms with Crippen molar-refractivity contribution < 1.29 is 19.1 Å². The van der Waals surface area contributed by atoms with E-state index in [-0.39, 0.29) is 28.5 Å². The monoisotopic (exact) mass is 460 g/mol. The number of allylic oxidation sites excluding steroid dienone is 2. The zero-order valence-corrected chi connectivity index (χ0v) is 17.9. The second-order valence-electron chi connectivity index (χ2n) is 7.05. The number of ether oxygens (including phenoxy) is 3. The number of benzene rings is 2. The Kier molecular flexibility index (Phi) is 5.12. The SMILES string of the molecule is COc1ccc([N+](=O)[O-])c2c1N[C@H](c1cc(Br)c(OC)c(OC)c1)[C@H]1CC=C[C@H]21. The molecule has 2 aromatic rings. The molecule has 1 heterocycles. The van der Waals surface area contributed by atoms with E-state index in [9.17, 15) is 10.1 Å². The molecule has 0 unspecified atom stereocenters. The van der Waals surface area contributed by atoms with Crippen molar-refractivity contribution in [2.75, 3.05) is 26.6 Å². The molecule has 0 fully saturated rings. The molecule has 0 aromatic heterocycles. The number of nitro groups is 1. The summed E-state index contributed by atoms with van der Waals surface area (Å²) in [6, 6.07) is 7.05. The van der Waals surface area contributed by atoms with Gasteiger partial charge in [-0.25, -0.2) is 0 Å².